The van der Waals surface area contributed by atoms with Gasteiger partial charge in [0, 0.05) is 24.7 Å². The van der Waals surface area contributed by atoms with E-state index in [0.717, 1.165) is 19.1 Å². The molecule has 0 aromatic carbocycles. The SMILES string of the molecule is CC1(NCCNC2CCCC2)CC1. The van der Waals surface area contributed by atoms with Gasteiger partial charge in [0.25, 0.3) is 0 Å². The van der Waals surface area contributed by atoms with Gasteiger partial charge in [0.05, 0.1) is 0 Å². The highest BCUT2D eigenvalue weighted by molar-refractivity contribution is 4.97. The molecule has 0 radical (unpaired) electrons. The Balaban J connectivity index is 1.48. The molecule has 2 heteroatoms. The maximum atomic E-state index is 3.62. The molecular weight excluding hydrogens is 160 g/mol. The lowest BCUT2D eigenvalue weighted by Gasteiger charge is -2.14. The van der Waals surface area contributed by atoms with Crippen LogP contribution in [0.3, 0.4) is 0 Å². The minimum Gasteiger partial charge on any atom is -0.313 e. The fourth-order valence-corrected chi connectivity index (χ4v) is 2.13. The predicted molar refractivity (Wildman–Crippen MR) is 55.9 cm³/mol. The van der Waals surface area contributed by atoms with E-state index in [4.69, 9.17) is 0 Å². The molecule has 2 fully saturated rings. The molecule has 0 heterocycles. The molecule has 0 amide bonds. The molecule has 76 valence electrons. The molecule has 0 saturated heterocycles. The largest absolute Gasteiger partial charge is 0.313 e. The van der Waals surface area contributed by atoms with E-state index in [0.29, 0.717) is 5.54 Å². The summed E-state index contributed by atoms with van der Waals surface area (Å²) in [6.45, 7) is 4.62. The van der Waals surface area contributed by atoms with Gasteiger partial charge in [-0.25, -0.2) is 0 Å². The highest BCUT2D eigenvalue weighted by Crippen LogP contribution is 2.33. The Morgan fingerprint density at radius 1 is 1.15 bits per heavy atom. The fourth-order valence-electron chi connectivity index (χ4n) is 2.13. The summed E-state index contributed by atoms with van der Waals surface area (Å²) in [5.41, 5.74) is 0.511. The van der Waals surface area contributed by atoms with Crippen LogP contribution in [0, 0.1) is 0 Å². The molecule has 2 nitrogen and oxygen atoms in total. The van der Waals surface area contributed by atoms with Crippen LogP contribution in [0.1, 0.15) is 45.4 Å². The molecule has 0 unspecified atom stereocenters. The molecule has 0 bridgehead atoms. The minimum absolute atomic E-state index is 0.511. The summed E-state index contributed by atoms with van der Waals surface area (Å²) in [5, 5.41) is 7.21. The van der Waals surface area contributed by atoms with Crippen molar-refractivity contribution >= 4 is 0 Å². The van der Waals surface area contributed by atoms with E-state index in [1.54, 1.807) is 0 Å². The van der Waals surface area contributed by atoms with E-state index in [1.165, 1.54) is 38.5 Å². The van der Waals surface area contributed by atoms with Gasteiger partial charge in [-0.3, -0.25) is 0 Å². The zero-order valence-electron chi connectivity index (χ0n) is 8.73. The van der Waals surface area contributed by atoms with Gasteiger partial charge < -0.3 is 10.6 Å². The maximum absolute atomic E-state index is 3.62. The summed E-state index contributed by atoms with van der Waals surface area (Å²) >= 11 is 0. The van der Waals surface area contributed by atoms with Crippen LogP contribution in [-0.2, 0) is 0 Å². The zero-order chi connectivity index (χ0) is 9.15. The third kappa shape index (κ3) is 2.96. The van der Waals surface area contributed by atoms with E-state index in [-0.39, 0.29) is 0 Å². The third-order valence-electron chi connectivity index (χ3n) is 3.46. The minimum atomic E-state index is 0.511. The second-order valence-corrected chi connectivity index (χ2v) is 4.92. The van der Waals surface area contributed by atoms with E-state index in [1.807, 2.05) is 0 Å². The topological polar surface area (TPSA) is 24.1 Å². The highest BCUT2D eigenvalue weighted by Gasteiger charge is 2.36. The first-order valence-electron chi connectivity index (χ1n) is 5.77. The van der Waals surface area contributed by atoms with Crippen LogP contribution in [0.15, 0.2) is 0 Å². The van der Waals surface area contributed by atoms with Crippen LogP contribution in [0.4, 0.5) is 0 Å². The highest BCUT2D eigenvalue weighted by atomic mass is 15.0. The number of nitrogens with one attached hydrogen (secondary N) is 2. The summed E-state index contributed by atoms with van der Waals surface area (Å²) in [6, 6.07) is 0.828. The van der Waals surface area contributed by atoms with Gasteiger partial charge in [-0.05, 0) is 32.6 Å². The Hall–Kier alpha value is -0.0800. The van der Waals surface area contributed by atoms with Crippen molar-refractivity contribution in [1.82, 2.24) is 10.6 Å². The molecule has 0 spiro atoms. The lowest BCUT2D eigenvalue weighted by atomic mass is 10.2. The molecule has 0 aliphatic heterocycles. The van der Waals surface area contributed by atoms with Crippen LogP contribution in [0.5, 0.6) is 0 Å². The van der Waals surface area contributed by atoms with Crippen LogP contribution < -0.4 is 10.6 Å². The average molecular weight is 182 g/mol. The van der Waals surface area contributed by atoms with Crippen LogP contribution in [0.25, 0.3) is 0 Å². The van der Waals surface area contributed by atoms with Crippen molar-refractivity contribution in [3.63, 3.8) is 0 Å². The standard InChI is InChI=1S/C11H22N2/c1-11(6-7-11)13-9-8-12-10-4-2-3-5-10/h10,12-13H,2-9H2,1H3. The van der Waals surface area contributed by atoms with Crippen molar-refractivity contribution in [2.45, 2.75) is 57.0 Å². The van der Waals surface area contributed by atoms with Crippen molar-refractivity contribution in [2.75, 3.05) is 13.1 Å². The predicted octanol–water partition coefficient (Wildman–Crippen LogP) is 1.66. The Morgan fingerprint density at radius 2 is 1.85 bits per heavy atom. The third-order valence-corrected chi connectivity index (χ3v) is 3.46. The van der Waals surface area contributed by atoms with E-state index in [2.05, 4.69) is 17.6 Å². The molecular formula is C11H22N2. The maximum Gasteiger partial charge on any atom is 0.0155 e. The molecule has 0 aromatic rings. The van der Waals surface area contributed by atoms with Gasteiger partial charge in [-0.15, -0.1) is 0 Å². The van der Waals surface area contributed by atoms with Crippen LogP contribution in [-0.4, -0.2) is 24.7 Å². The Morgan fingerprint density at radius 3 is 2.46 bits per heavy atom. The molecule has 2 N–H and O–H groups in total. The van der Waals surface area contributed by atoms with Gasteiger partial charge in [0.1, 0.15) is 0 Å². The summed E-state index contributed by atoms with van der Waals surface area (Å²) in [6.07, 6.45) is 8.41. The summed E-state index contributed by atoms with van der Waals surface area (Å²) in [5.74, 6) is 0. The van der Waals surface area contributed by atoms with Crippen molar-refractivity contribution in [2.24, 2.45) is 0 Å². The smallest absolute Gasteiger partial charge is 0.0155 e. The Kier molecular flexibility index (Phi) is 2.89. The number of hydrogen-bond donors (Lipinski definition) is 2. The molecule has 2 saturated carbocycles. The molecule has 13 heavy (non-hydrogen) atoms. The number of rotatable bonds is 5. The number of hydrogen-bond acceptors (Lipinski definition) is 2. The summed E-state index contributed by atoms with van der Waals surface area (Å²) in [7, 11) is 0. The van der Waals surface area contributed by atoms with Gasteiger partial charge in [-0.1, -0.05) is 12.8 Å². The molecule has 2 rings (SSSR count). The second kappa shape index (κ2) is 3.97. The lowest BCUT2D eigenvalue weighted by molar-refractivity contribution is 0.475. The molecule has 2 aliphatic rings. The molecule has 0 aromatic heterocycles. The Bertz CT molecular complexity index is 157. The monoisotopic (exact) mass is 182 g/mol. The first-order chi connectivity index (χ1) is 6.29. The van der Waals surface area contributed by atoms with Gasteiger partial charge in [0.15, 0.2) is 0 Å². The van der Waals surface area contributed by atoms with Gasteiger partial charge in [-0.2, -0.15) is 0 Å². The van der Waals surface area contributed by atoms with Crippen LogP contribution in [0.2, 0.25) is 0 Å². The first kappa shape index (κ1) is 9.47. The first-order valence-corrected chi connectivity index (χ1v) is 5.77. The lowest BCUT2D eigenvalue weighted by Crippen LogP contribution is -2.37. The van der Waals surface area contributed by atoms with E-state index < -0.39 is 0 Å². The van der Waals surface area contributed by atoms with Crippen molar-refractivity contribution in [1.29, 1.82) is 0 Å². The Labute approximate surface area is 81.5 Å². The average Bonchev–Trinajstić information content (AvgIpc) is 2.69. The summed E-state index contributed by atoms with van der Waals surface area (Å²) < 4.78 is 0. The van der Waals surface area contributed by atoms with Crippen molar-refractivity contribution in [3.05, 3.63) is 0 Å². The molecule has 2 aliphatic carbocycles. The van der Waals surface area contributed by atoms with Crippen molar-refractivity contribution < 1.29 is 0 Å². The normalized spacial score (nSPS) is 26.5. The van der Waals surface area contributed by atoms with Gasteiger partial charge in [0.2, 0.25) is 0 Å². The summed E-state index contributed by atoms with van der Waals surface area (Å²) in [4.78, 5) is 0. The van der Waals surface area contributed by atoms with Crippen molar-refractivity contribution in [3.8, 4) is 0 Å². The second-order valence-electron chi connectivity index (χ2n) is 4.92. The van der Waals surface area contributed by atoms with Gasteiger partial charge >= 0.3 is 0 Å². The van der Waals surface area contributed by atoms with Crippen LogP contribution >= 0.6 is 0 Å². The van der Waals surface area contributed by atoms with E-state index in [9.17, 15) is 0 Å². The molecule has 0 atom stereocenters. The zero-order valence-corrected chi connectivity index (χ0v) is 8.73. The van der Waals surface area contributed by atoms with E-state index >= 15 is 0 Å². The quantitative estimate of drug-likeness (QED) is 0.632. The fraction of sp³-hybridized carbons (Fsp3) is 1.00.